The van der Waals surface area contributed by atoms with E-state index in [1.54, 1.807) is 4.90 Å². The number of halogens is 1. The second-order valence-corrected chi connectivity index (χ2v) is 11.7. The van der Waals surface area contributed by atoms with Gasteiger partial charge in [-0.15, -0.1) is 10.2 Å². The molecule has 2 N–H and O–H groups in total. The maximum Gasteiger partial charge on any atom is 0.298 e. The van der Waals surface area contributed by atoms with Crippen molar-refractivity contribution in [1.82, 2.24) is 25.0 Å². The first-order chi connectivity index (χ1) is 19.6. The van der Waals surface area contributed by atoms with Crippen LogP contribution in [0.4, 0.5) is 10.2 Å². The van der Waals surface area contributed by atoms with Crippen LogP contribution in [0.25, 0.3) is 0 Å². The summed E-state index contributed by atoms with van der Waals surface area (Å²) in [5.41, 5.74) is 5.83. The second-order valence-electron chi connectivity index (χ2n) is 11.7. The number of hydrogen-bond acceptors (Lipinski definition) is 10. The van der Waals surface area contributed by atoms with Crippen molar-refractivity contribution in [3.8, 4) is 17.4 Å². The summed E-state index contributed by atoms with van der Waals surface area (Å²) in [5.74, 6) is -0.481. The number of likely N-dealkylation sites (tertiary alicyclic amines) is 1. The molecule has 224 valence electrons. The summed E-state index contributed by atoms with van der Waals surface area (Å²) in [4.78, 5) is 35.5. The van der Waals surface area contributed by atoms with Crippen molar-refractivity contribution in [2.45, 2.75) is 66.0 Å². The van der Waals surface area contributed by atoms with Crippen LogP contribution in [-0.4, -0.2) is 88.7 Å². The van der Waals surface area contributed by atoms with Gasteiger partial charge in [-0.25, -0.2) is 9.37 Å². The molecule has 1 spiro atoms. The normalized spacial score (nSPS) is 17.1. The predicted octanol–water partition coefficient (Wildman–Crippen LogP) is 3.48. The maximum atomic E-state index is 14.6. The van der Waals surface area contributed by atoms with Crippen molar-refractivity contribution in [2.75, 3.05) is 44.2 Å². The van der Waals surface area contributed by atoms with Gasteiger partial charge in [-0.05, 0) is 58.6 Å². The summed E-state index contributed by atoms with van der Waals surface area (Å²) in [6.45, 7) is 14.9. The molecule has 11 nitrogen and oxygen atoms in total. The van der Waals surface area contributed by atoms with Crippen LogP contribution in [0.3, 0.4) is 0 Å². The van der Waals surface area contributed by atoms with E-state index in [0.717, 1.165) is 57.6 Å². The van der Waals surface area contributed by atoms with Gasteiger partial charge >= 0.3 is 0 Å². The Balaban J connectivity index is 1.59. The van der Waals surface area contributed by atoms with E-state index in [2.05, 4.69) is 38.8 Å². The Bertz CT molecular complexity index is 1220. The minimum atomic E-state index is -0.739. The highest BCUT2D eigenvalue weighted by molar-refractivity contribution is 5.98. The molecule has 41 heavy (non-hydrogen) atoms. The van der Waals surface area contributed by atoms with E-state index < -0.39 is 11.7 Å². The van der Waals surface area contributed by atoms with E-state index in [1.807, 2.05) is 20.8 Å². The van der Waals surface area contributed by atoms with Crippen molar-refractivity contribution in [1.29, 1.82) is 0 Å². The van der Waals surface area contributed by atoms with E-state index in [1.165, 1.54) is 6.33 Å². The van der Waals surface area contributed by atoms with Crippen LogP contribution in [0.15, 0.2) is 18.5 Å². The lowest BCUT2D eigenvalue weighted by Crippen LogP contribution is -2.62. The first-order valence-electron chi connectivity index (χ1n) is 14.4. The predicted molar refractivity (Wildman–Crippen MR) is 153 cm³/mol. The van der Waals surface area contributed by atoms with Crippen molar-refractivity contribution < 1.29 is 23.5 Å². The molecule has 1 atom stereocenters. The van der Waals surface area contributed by atoms with Crippen LogP contribution in [0.1, 0.15) is 64.2 Å². The summed E-state index contributed by atoms with van der Waals surface area (Å²) in [6, 6.07) is 2.44. The molecule has 2 aromatic rings. The summed E-state index contributed by atoms with van der Waals surface area (Å²) in [6.07, 6.45) is 4.45. The summed E-state index contributed by atoms with van der Waals surface area (Å²) in [7, 11) is 0. The number of amides is 1. The van der Waals surface area contributed by atoms with Crippen molar-refractivity contribution in [3.05, 3.63) is 29.8 Å². The van der Waals surface area contributed by atoms with Crippen molar-refractivity contribution in [2.24, 2.45) is 17.1 Å². The molecule has 0 bridgehead atoms. The highest BCUT2D eigenvalue weighted by atomic mass is 19.1. The molecule has 12 heteroatoms. The van der Waals surface area contributed by atoms with Gasteiger partial charge in [0.25, 0.3) is 18.3 Å². The van der Waals surface area contributed by atoms with E-state index in [4.69, 9.17) is 15.2 Å². The number of nitrogens with zero attached hydrogens (tertiary/aromatic N) is 6. The lowest BCUT2D eigenvalue weighted by atomic mass is 9.76. The second kappa shape index (κ2) is 13.1. The molecule has 0 unspecified atom stereocenters. The molecule has 0 aliphatic carbocycles. The molecule has 2 fully saturated rings. The molecule has 0 radical (unpaired) electrons. The number of carbonyl (C=O) groups is 2. The molecule has 2 saturated heterocycles. The zero-order valence-electron chi connectivity index (χ0n) is 24.7. The van der Waals surface area contributed by atoms with Crippen molar-refractivity contribution >= 4 is 18.2 Å². The Labute approximate surface area is 241 Å². The molecule has 2 aliphatic rings. The number of rotatable bonds is 13. The monoisotopic (exact) mass is 571 g/mol. The van der Waals surface area contributed by atoms with Gasteiger partial charge in [0.1, 0.15) is 12.1 Å². The number of carbonyl (C=O) groups excluding carboxylic acids is 2. The van der Waals surface area contributed by atoms with Crippen LogP contribution < -0.4 is 20.1 Å². The zero-order valence-corrected chi connectivity index (χ0v) is 24.7. The summed E-state index contributed by atoms with van der Waals surface area (Å²) in [5, 5.41) is 8.08. The summed E-state index contributed by atoms with van der Waals surface area (Å²) >= 11 is 0. The third-order valence-corrected chi connectivity index (χ3v) is 8.18. The van der Waals surface area contributed by atoms with Gasteiger partial charge in [-0.1, -0.05) is 13.8 Å². The topological polar surface area (TPSA) is 127 Å². The number of ether oxygens (including phenoxy) is 2. The van der Waals surface area contributed by atoms with Gasteiger partial charge in [-0.2, -0.15) is 0 Å². The number of anilines is 1. The number of nitrogens with two attached hydrogens (primary N) is 1. The highest BCUT2D eigenvalue weighted by Crippen LogP contribution is 2.45. The number of hydrogen-bond donors (Lipinski definition) is 1. The van der Waals surface area contributed by atoms with Crippen LogP contribution >= 0.6 is 0 Å². The van der Waals surface area contributed by atoms with E-state index in [0.29, 0.717) is 30.9 Å². The van der Waals surface area contributed by atoms with Gasteiger partial charge in [0.2, 0.25) is 0 Å². The lowest BCUT2D eigenvalue weighted by molar-refractivity contribution is -0.120. The Morgan fingerprint density at radius 1 is 1.24 bits per heavy atom. The van der Waals surface area contributed by atoms with Gasteiger partial charge in [0.15, 0.2) is 17.3 Å². The smallest absolute Gasteiger partial charge is 0.298 e. The fourth-order valence-corrected chi connectivity index (χ4v) is 6.20. The minimum Gasteiger partial charge on any atom is -0.430 e. The molecular formula is C29H42FN7O4. The molecule has 1 aromatic heterocycles. The molecule has 4 rings (SSSR count). The average Bonchev–Trinajstić information content (AvgIpc) is 3.36. The SMILES string of the molecule is CCN(C(=O)c1cc(F)cc(OC=O)c1Oc1nncnc1N1CCC2(C1)CN([C@@H](CCCN)C(C)C)C2)C(C)C. The molecule has 0 saturated carbocycles. The molecule has 1 aromatic carbocycles. The van der Waals surface area contributed by atoms with Crippen LogP contribution in [0.2, 0.25) is 0 Å². The minimum absolute atomic E-state index is 0.0488. The average molecular weight is 572 g/mol. The summed E-state index contributed by atoms with van der Waals surface area (Å²) < 4.78 is 25.8. The standard InChI is InChI=1S/C29H42FN7O4/c1-6-37(20(4)5)28(39)22-12-21(30)13-24(40-18-38)25(22)41-27-26(32-17-33-34-27)35-11-9-29(14-35)15-36(16-29)23(19(2)3)8-7-10-31/h12-13,17-20,23H,6-11,14-16,31H2,1-5H3/t23-/m0/s1. The van der Waals surface area contributed by atoms with Gasteiger partial charge in [0, 0.05) is 56.3 Å². The van der Waals surface area contributed by atoms with E-state index in [9.17, 15) is 14.0 Å². The first-order valence-corrected chi connectivity index (χ1v) is 14.4. The third-order valence-electron chi connectivity index (χ3n) is 8.18. The Kier molecular flexibility index (Phi) is 9.75. The largest absolute Gasteiger partial charge is 0.430 e. The molecule has 1 amide bonds. The third kappa shape index (κ3) is 6.59. The van der Waals surface area contributed by atoms with Crippen LogP contribution in [0, 0.1) is 17.2 Å². The highest BCUT2D eigenvalue weighted by Gasteiger charge is 2.50. The zero-order chi connectivity index (χ0) is 29.7. The molecular weight excluding hydrogens is 529 g/mol. The lowest BCUT2D eigenvalue weighted by Gasteiger charge is -2.53. The van der Waals surface area contributed by atoms with Crippen LogP contribution in [0.5, 0.6) is 17.4 Å². The number of benzene rings is 1. The fraction of sp³-hybridized carbons (Fsp3) is 0.621. The maximum absolute atomic E-state index is 14.6. The molecule has 2 aliphatic heterocycles. The van der Waals surface area contributed by atoms with Gasteiger partial charge < -0.3 is 25.0 Å². The number of aromatic nitrogens is 3. The molecule has 3 heterocycles. The van der Waals surface area contributed by atoms with Gasteiger partial charge in [-0.3, -0.25) is 14.5 Å². The van der Waals surface area contributed by atoms with Crippen LogP contribution in [-0.2, 0) is 4.79 Å². The fourth-order valence-electron chi connectivity index (χ4n) is 6.20. The van der Waals surface area contributed by atoms with Crippen molar-refractivity contribution in [3.63, 3.8) is 0 Å². The first kappa shape index (κ1) is 30.6. The Hall–Kier alpha value is -3.38. The Morgan fingerprint density at radius 2 is 2.00 bits per heavy atom. The Morgan fingerprint density at radius 3 is 2.63 bits per heavy atom. The quantitative estimate of drug-likeness (QED) is 0.357. The van der Waals surface area contributed by atoms with Gasteiger partial charge in [0.05, 0.1) is 5.56 Å². The van der Waals surface area contributed by atoms with E-state index >= 15 is 0 Å². The van der Waals surface area contributed by atoms with E-state index in [-0.39, 0.29) is 40.9 Å².